The van der Waals surface area contributed by atoms with Crippen LogP contribution in [-0.2, 0) is 13.0 Å². The van der Waals surface area contributed by atoms with Gasteiger partial charge < -0.3 is 5.73 Å². The lowest BCUT2D eigenvalue weighted by Crippen LogP contribution is -2.22. The van der Waals surface area contributed by atoms with Crippen LogP contribution in [0.5, 0.6) is 0 Å². The van der Waals surface area contributed by atoms with E-state index in [9.17, 15) is 0 Å². The van der Waals surface area contributed by atoms with Crippen LogP contribution < -0.4 is 5.73 Å². The summed E-state index contributed by atoms with van der Waals surface area (Å²) < 4.78 is 2.15. The predicted molar refractivity (Wildman–Crippen MR) is 77.7 cm³/mol. The van der Waals surface area contributed by atoms with Crippen LogP contribution in [0, 0.1) is 19.3 Å². The third kappa shape index (κ3) is 4.13. The molecule has 1 unspecified atom stereocenters. The molecule has 1 rings (SSSR count). The average molecular weight is 251 g/mol. The van der Waals surface area contributed by atoms with Crippen LogP contribution in [0.1, 0.15) is 57.5 Å². The van der Waals surface area contributed by atoms with Gasteiger partial charge in [-0.05, 0) is 44.1 Å². The predicted octanol–water partition coefficient (Wildman–Crippen LogP) is 3.22. The first-order chi connectivity index (χ1) is 8.24. The van der Waals surface area contributed by atoms with E-state index in [-0.39, 0.29) is 6.04 Å². The number of aryl methyl sites for hydroxylation is 2. The van der Waals surface area contributed by atoms with Crippen molar-refractivity contribution in [3.05, 3.63) is 17.0 Å². The summed E-state index contributed by atoms with van der Waals surface area (Å²) in [5.41, 5.74) is 10.2. The molecule has 0 saturated heterocycles. The monoisotopic (exact) mass is 251 g/mol. The molecule has 0 aromatic carbocycles. The average Bonchev–Trinajstić information content (AvgIpc) is 2.53. The Balaban J connectivity index is 2.80. The molecule has 0 fully saturated rings. The summed E-state index contributed by atoms with van der Waals surface area (Å²) in [6.45, 7) is 14.2. The minimum atomic E-state index is 0.252. The fourth-order valence-corrected chi connectivity index (χ4v) is 2.09. The van der Waals surface area contributed by atoms with E-state index in [4.69, 9.17) is 5.73 Å². The van der Waals surface area contributed by atoms with E-state index in [1.54, 1.807) is 0 Å². The molecule has 0 saturated carbocycles. The van der Waals surface area contributed by atoms with E-state index >= 15 is 0 Å². The minimum Gasteiger partial charge on any atom is -0.327 e. The van der Waals surface area contributed by atoms with Gasteiger partial charge in [-0.25, -0.2) is 0 Å². The Morgan fingerprint density at radius 2 is 1.89 bits per heavy atom. The quantitative estimate of drug-likeness (QED) is 0.873. The third-order valence-electron chi connectivity index (χ3n) is 3.60. The smallest absolute Gasteiger partial charge is 0.0629 e. The molecule has 104 valence electrons. The molecule has 0 aliphatic carbocycles. The van der Waals surface area contributed by atoms with Crippen LogP contribution in [0.25, 0.3) is 0 Å². The largest absolute Gasteiger partial charge is 0.327 e. The Bertz CT molecular complexity index is 385. The molecule has 0 bridgehead atoms. The number of nitrogens with two attached hydrogens (primary N) is 1. The zero-order chi connectivity index (χ0) is 13.9. The molecule has 1 aromatic heterocycles. The number of hydrogen-bond acceptors (Lipinski definition) is 2. The van der Waals surface area contributed by atoms with Crippen molar-refractivity contribution in [2.45, 2.75) is 73.4 Å². The Labute approximate surface area is 112 Å². The topological polar surface area (TPSA) is 43.8 Å². The van der Waals surface area contributed by atoms with Crippen molar-refractivity contribution in [2.75, 3.05) is 0 Å². The Hall–Kier alpha value is -0.830. The van der Waals surface area contributed by atoms with Crippen molar-refractivity contribution in [3.8, 4) is 0 Å². The van der Waals surface area contributed by atoms with Gasteiger partial charge in [0.1, 0.15) is 0 Å². The van der Waals surface area contributed by atoms with E-state index in [0.717, 1.165) is 31.5 Å². The second kappa shape index (κ2) is 5.87. The van der Waals surface area contributed by atoms with Gasteiger partial charge in [-0.1, -0.05) is 27.7 Å². The van der Waals surface area contributed by atoms with E-state index in [2.05, 4.69) is 51.3 Å². The summed E-state index contributed by atoms with van der Waals surface area (Å²) in [6, 6.07) is 0.252. The van der Waals surface area contributed by atoms with Gasteiger partial charge in [-0.15, -0.1) is 0 Å². The van der Waals surface area contributed by atoms with Crippen LogP contribution in [-0.4, -0.2) is 15.8 Å². The first-order valence-corrected chi connectivity index (χ1v) is 7.03. The third-order valence-corrected chi connectivity index (χ3v) is 3.60. The van der Waals surface area contributed by atoms with Crippen LogP contribution in [0.2, 0.25) is 0 Å². The molecule has 1 heterocycles. The van der Waals surface area contributed by atoms with Crippen molar-refractivity contribution in [1.29, 1.82) is 0 Å². The summed E-state index contributed by atoms with van der Waals surface area (Å²) in [4.78, 5) is 0. The molecule has 2 N–H and O–H groups in total. The van der Waals surface area contributed by atoms with E-state index in [1.807, 2.05) is 0 Å². The SMILES string of the molecule is CCC(N)Cc1c(C)nn(CCC(C)(C)C)c1C. The maximum atomic E-state index is 6.06. The zero-order valence-corrected chi connectivity index (χ0v) is 12.9. The van der Waals surface area contributed by atoms with Crippen LogP contribution in [0.15, 0.2) is 0 Å². The fourth-order valence-electron chi connectivity index (χ4n) is 2.09. The van der Waals surface area contributed by atoms with Gasteiger partial charge in [-0.3, -0.25) is 4.68 Å². The lowest BCUT2D eigenvalue weighted by Gasteiger charge is -2.18. The number of rotatable bonds is 5. The second-order valence-electron chi connectivity index (χ2n) is 6.56. The maximum Gasteiger partial charge on any atom is 0.0629 e. The molecule has 0 aliphatic rings. The highest BCUT2D eigenvalue weighted by Gasteiger charge is 2.16. The van der Waals surface area contributed by atoms with E-state index in [1.165, 1.54) is 11.3 Å². The molecule has 3 nitrogen and oxygen atoms in total. The summed E-state index contributed by atoms with van der Waals surface area (Å²) in [5, 5.41) is 4.66. The Kier molecular flexibility index (Phi) is 4.97. The molecule has 1 aromatic rings. The molecule has 0 spiro atoms. The normalized spacial score (nSPS) is 13.9. The highest BCUT2D eigenvalue weighted by molar-refractivity contribution is 5.25. The Morgan fingerprint density at radius 3 is 2.39 bits per heavy atom. The molecule has 18 heavy (non-hydrogen) atoms. The Morgan fingerprint density at radius 1 is 1.28 bits per heavy atom. The van der Waals surface area contributed by atoms with Crippen LogP contribution in [0.3, 0.4) is 0 Å². The van der Waals surface area contributed by atoms with E-state index in [0.29, 0.717) is 5.41 Å². The van der Waals surface area contributed by atoms with Gasteiger partial charge in [-0.2, -0.15) is 5.10 Å². The summed E-state index contributed by atoms with van der Waals surface area (Å²) >= 11 is 0. The highest BCUT2D eigenvalue weighted by atomic mass is 15.3. The summed E-state index contributed by atoms with van der Waals surface area (Å²) in [7, 11) is 0. The first kappa shape index (κ1) is 15.2. The molecule has 1 atom stereocenters. The molecule has 3 heteroatoms. The van der Waals surface area contributed by atoms with Gasteiger partial charge in [0.15, 0.2) is 0 Å². The van der Waals surface area contributed by atoms with Gasteiger partial charge in [0.2, 0.25) is 0 Å². The van der Waals surface area contributed by atoms with Crippen molar-refractivity contribution in [2.24, 2.45) is 11.1 Å². The lowest BCUT2D eigenvalue weighted by molar-refractivity contribution is 0.338. The molecule has 0 amide bonds. The summed E-state index contributed by atoms with van der Waals surface area (Å²) in [5.74, 6) is 0. The van der Waals surface area contributed by atoms with Crippen molar-refractivity contribution in [1.82, 2.24) is 9.78 Å². The highest BCUT2D eigenvalue weighted by Crippen LogP contribution is 2.21. The van der Waals surface area contributed by atoms with Gasteiger partial charge in [0, 0.05) is 18.3 Å². The van der Waals surface area contributed by atoms with Gasteiger partial charge in [0.25, 0.3) is 0 Å². The van der Waals surface area contributed by atoms with Crippen molar-refractivity contribution >= 4 is 0 Å². The zero-order valence-electron chi connectivity index (χ0n) is 12.9. The van der Waals surface area contributed by atoms with E-state index < -0.39 is 0 Å². The van der Waals surface area contributed by atoms with Gasteiger partial charge >= 0.3 is 0 Å². The number of hydrogen-bond donors (Lipinski definition) is 1. The van der Waals surface area contributed by atoms with Crippen LogP contribution in [0.4, 0.5) is 0 Å². The number of nitrogens with zero attached hydrogens (tertiary/aromatic N) is 2. The standard InChI is InChI=1S/C15H29N3/c1-7-13(16)10-14-11(2)17-18(12(14)3)9-8-15(4,5)6/h13H,7-10,16H2,1-6H3. The maximum absolute atomic E-state index is 6.06. The fraction of sp³-hybridized carbons (Fsp3) is 0.800. The van der Waals surface area contributed by atoms with Crippen molar-refractivity contribution < 1.29 is 0 Å². The van der Waals surface area contributed by atoms with Crippen LogP contribution >= 0.6 is 0 Å². The number of aromatic nitrogens is 2. The minimum absolute atomic E-state index is 0.252. The molecule has 0 radical (unpaired) electrons. The molecular formula is C15H29N3. The second-order valence-corrected chi connectivity index (χ2v) is 6.56. The van der Waals surface area contributed by atoms with Crippen molar-refractivity contribution in [3.63, 3.8) is 0 Å². The lowest BCUT2D eigenvalue weighted by atomic mass is 9.92. The molecule has 0 aliphatic heterocycles. The molecular weight excluding hydrogens is 222 g/mol. The van der Waals surface area contributed by atoms with Gasteiger partial charge in [0.05, 0.1) is 5.69 Å². The first-order valence-electron chi connectivity index (χ1n) is 7.03. The summed E-state index contributed by atoms with van der Waals surface area (Å²) in [6.07, 6.45) is 3.12.